The van der Waals surface area contributed by atoms with Crippen LogP contribution in [-0.2, 0) is 9.53 Å². The molecule has 0 aliphatic heterocycles. The molecule has 32 heavy (non-hydrogen) atoms. The summed E-state index contributed by atoms with van der Waals surface area (Å²) in [7, 11) is 1.31. The maximum absolute atomic E-state index is 13.3. The van der Waals surface area contributed by atoms with Crippen molar-refractivity contribution in [1.82, 2.24) is 0 Å². The van der Waals surface area contributed by atoms with E-state index >= 15 is 0 Å². The van der Waals surface area contributed by atoms with Gasteiger partial charge in [0.25, 0.3) is 0 Å². The Labute approximate surface area is 184 Å². The smallest absolute Gasteiger partial charge is 0.306 e. The summed E-state index contributed by atoms with van der Waals surface area (Å²) in [6, 6.07) is 16.8. The first-order chi connectivity index (χ1) is 15.4. The standard InChI is InChI=1S/C26H22O6/c1-15-3-5-16(6-4-15)20(13-23(29)31-2)24-22(28)12-11-19-25(30)21(14-32-26(19)24)17-7-9-18(27)10-8-17/h3-12,14,20,27-28H,13H2,1-2H3. The van der Waals surface area contributed by atoms with E-state index in [0.717, 1.165) is 11.1 Å². The maximum atomic E-state index is 13.3. The predicted octanol–water partition coefficient (Wildman–Crippen LogP) is 4.87. The van der Waals surface area contributed by atoms with Gasteiger partial charge in [0.15, 0.2) is 0 Å². The molecule has 1 aromatic heterocycles. The Morgan fingerprint density at radius 1 is 1.00 bits per heavy atom. The third kappa shape index (κ3) is 3.95. The molecule has 162 valence electrons. The van der Waals surface area contributed by atoms with Crippen molar-refractivity contribution in [3.63, 3.8) is 0 Å². The van der Waals surface area contributed by atoms with E-state index in [1.807, 2.05) is 31.2 Å². The van der Waals surface area contributed by atoms with Crippen molar-refractivity contribution < 1.29 is 24.2 Å². The van der Waals surface area contributed by atoms with Gasteiger partial charge < -0.3 is 19.4 Å². The zero-order valence-electron chi connectivity index (χ0n) is 17.7. The van der Waals surface area contributed by atoms with E-state index in [4.69, 9.17) is 9.15 Å². The number of aromatic hydroxyl groups is 2. The Bertz CT molecular complexity index is 1330. The Morgan fingerprint density at radius 3 is 2.34 bits per heavy atom. The van der Waals surface area contributed by atoms with Crippen LogP contribution in [0, 0.1) is 6.92 Å². The van der Waals surface area contributed by atoms with Crippen molar-refractivity contribution in [3.05, 3.63) is 93.8 Å². The molecule has 2 N–H and O–H groups in total. The molecule has 1 heterocycles. The lowest BCUT2D eigenvalue weighted by molar-refractivity contribution is -0.140. The Balaban J connectivity index is 1.93. The second-order valence-corrected chi connectivity index (χ2v) is 7.64. The second-order valence-electron chi connectivity index (χ2n) is 7.64. The van der Waals surface area contributed by atoms with Crippen LogP contribution in [0.3, 0.4) is 0 Å². The van der Waals surface area contributed by atoms with Crippen LogP contribution in [0.25, 0.3) is 22.1 Å². The van der Waals surface area contributed by atoms with Gasteiger partial charge in [-0.05, 0) is 42.3 Å². The lowest BCUT2D eigenvalue weighted by Crippen LogP contribution is -2.12. The predicted molar refractivity (Wildman–Crippen MR) is 121 cm³/mol. The van der Waals surface area contributed by atoms with Gasteiger partial charge in [0.1, 0.15) is 23.3 Å². The molecular weight excluding hydrogens is 408 g/mol. The molecule has 0 amide bonds. The van der Waals surface area contributed by atoms with Gasteiger partial charge in [-0.1, -0.05) is 42.0 Å². The van der Waals surface area contributed by atoms with Crippen LogP contribution < -0.4 is 5.43 Å². The number of fused-ring (bicyclic) bond motifs is 1. The molecule has 0 saturated carbocycles. The Kier molecular flexibility index (Phi) is 5.69. The summed E-state index contributed by atoms with van der Waals surface area (Å²) in [6.07, 6.45) is 1.31. The molecule has 0 radical (unpaired) electrons. The number of ether oxygens (including phenoxy) is 1. The van der Waals surface area contributed by atoms with Crippen molar-refractivity contribution in [1.29, 1.82) is 0 Å². The highest BCUT2D eigenvalue weighted by Crippen LogP contribution is 2.39. The number of hydrogen-bond acceptors (Lipinski definition) is 6. The zero-order chi connectivity index (χ0) is 22.8. The van der Waals surface area contributed by atoms with E-state index in [2.05, 4.69) is 0 Å². The second kappa shape index (κ2) is 8.59. The summed E-state index contributed by atoms with van der Waals surface area (Å²) in [5.41, 5.74) is 3.05. The van der Waals surface area contributed by atoms with Gasteiger partial charge in [0, 0.05) is 11.5 Å². The first-order valence-corrected chi connectivity index (χ1v) is 10.1. The van der Waals surface area contributed by atoms with Crippen LogP contribution in [0.15, 0.2) is 76.1 Å². The molecule has 1 unspecified atom stereocenters. The monoisotopic (exact) mass is 430 g/mol. The number of carbonyl (C=O) groups is 1. The van der Waals surface area contributed by atoms with Crippen molar-refractivity contribution in [3.8, 4) is 22.6 Å². The number of rotatable bonds is 5. The lowest BCUT2D eigenvalue weighted by Gasteiger charge is -2.19. The molecule has 3 aromatic carbocycles. The minimum absolute atomic E-state index is 0.0321. The molecule has 4 aromatic rings. The first-order valence-electron chi connectivity index (χ1n) is 10.1. The molecule has 0 saturated heterocycles. The molecule has 0 fully saturated rings. The van der Waals surface area contributed by atoms with Gasteiger partial charge in [0.2, 0.25) is 5.43 Å². The van der Waals surface area contributed by atoms with Crippen molar-refractivity contribution in [2.45, 2.75) is 19.3 Å². The van der Waals surface area contributed by atoms with E-state index in [1.54, 1.807) is 12.1 Å². The van der Waals surface area contributed by atoms with Crippen molar-refractivity contribution in [2.24, 2.45) is 0 Å². The lowest BCUT2D eigenvalue weighted by atomic mass is 9.86. The van der Waals surface area contributed by atoms with Crippen LogP contribution in [0.4, 0.5) is 0 Å². The van der Waals surface area contributed by atoms with Crippen LogP contribution in [0.1, 0.15) is 29.0 Å². The average Bonchev–Trinajstić information content (AvgIpc) is 2.79. The third-order valence-electron chi connectivity index (χ3n) is 5.56. The maximum Gasteiger partial charge on any atom is 0.306 e. The number of phenolic OH excluding ortho intramolecular Hbond substituents is 2. The average molecular weight is 430 g/mol. The van der Waals surface area contributed by atoms with Gasteiger partial charge in [-0.3, -0.25) is 9.59 Å². The van der Waals surface area contributed by atoms with Crippen LogP contribution in [-0.4, -0.2) is 23.3 Å². The molecule has 0 aliphatic carbocycles. The van der Waals surface area contributed by atoms with E-state index in [0.29, 0.717) is 16.7 Å². The highest BCUT2D eigenvalue weighted by Gasteiger charge is 2.26. The number of carbonyl (C=O) groups excluding carboxylic acids is 1. The number of phenols is 2. The largest absolute Gasteiger partial charge is 0.508 e. The summed E-state index contributed by atoms with van der Waals surface area (Å²) in [6.45, 7) is 1.96. The van der Waals surface area contributed by atoms with E-state index in [1.165, 1.54) is 37.6 Å². The molecule has 6 nitrogen and oxygen atoms in total. The van der Waals surface area contributed by atoms with Gasteiger partial charge in [-0.15, -0.1) is 0 Å². The molecule has 0 bridgehead atoms. The van der Waals surface area contributed by atoms with Gasteiger partial charge in [-0.2, -0.15) is 0 Å². The summed E-state index contributed by atoms with van der Waals surface area (Å²) in [5.74, 6) is -1.01. The Hall–Kier alpha value is -4.06. The van der Waals surface area contributed by atoms with Gasteiger partial charge in [0.05, 0.1) is 24.5 Å². The zero-order valence-corrected chi connectivity index (χ0v) is 17.7. The summed E-state index contributed by atoms with van der Waals surface area (Å²) < 4.78 is 10.8. The fourth-order valence-corrected chi connectivity index (χ4v) is 3.82. The molecule has 1 atom stereocenters. The van der Waals surface area contributed by atoms with E-state index in [9.17, 15) is 19.8 Å². The Morgan fingerprint density at radius 2 is 1.69 bits per heavy atom. The highest BCUT2D eigenvalue weighted by atomic mass is 16.5. The normalized spacial score (nSPS) is 11.9. The number of methoxy groups -OCH3 is 1. The first kappa shape index (κ1) is 21.2. The van der Waals surface area contributed by atoms with Crippen molar-refractivity contribution >= 4 is 16.9 Å². The topological polar surface area (TPSA) is 97.0 Å². The number of esters is 1. The SMILES string of the molecule is COC(=O)CC(c1ccc(C)cc1)c1c(O)ccc2c(=O)c(-c3ccc(O)cc3)coc12. The van der Waals surface area contributed by atoms with Crippen LogP contribution in [0.5, 0.6) is 11.5 Å². The van der Waals surface area contributed by atoms with E-state index in [-0.39, 0.29) is 34.3 Å². The molecule has 6 heteroatoms. The molecular formula is C26H22O6. The number of aryl methyl sites for hydroxylation is 1. The minimum atomic E-state index is -0.575. The summed E-state index contributed by atoms with van der Waals surface area (Å²) in [4.78, 5) is 25.5. The highest BCUT2D eigenvalue weighted by molar-refractivity contribution is 5.87. The third-order valence-corrected chi connectivity index (χ3v) is 5.56. The summed E-state index contributed by atoms with van der Waals surface area (Å²) >= 11 is 0. The minimum Gasteiger partial charge on any atom is -0.508 e. The van der Waals surface area contributed by atoms with E-state index < -0.39 is 11.9 Å². The fourth-order valence-electron chi connectivity index (χ4n) is 3.82. The quantitative estimate of drug-likeness (QED) is 0.438. The number of hydrogen-bond donors (Lipinski definition) is 2. The summed E-state index contributed by atoms with van der Waals surface area (Å²) in [5, 5.41) is 20.6. The fraction of sp³-hybridized carbons (Fsp3) is 0.154. The molecule has 4 rings (SSSR count). The number of benzene rings is 3. The van der Waals surface area contributed by atoms with Crippen LogP contribution in [0.2, 0.25) is 0 Å². The van der Waals surface area contributed by atoms with Crippen LogP contribution >= 0.6 is 0 Å². The molecule has 0 spiro atoms. The molecule has 0 aliphatic rings. The van der Waals surface area contributed by atoms with Crippen molar-refractivity contribution in [2.75, 3.05) is 7.11 Å². The van der Waals surface area contributed by atoms with Gasteiger partial charge in [-0.25, -0.2) is 0 Å². The van der Waals surface area contributed by atoms with Gasteiger partial charge >= 0.3 is 5.97 Å².